The number of fused-ring (bicyclic) bond motifs is 1. The van der Waals surface area contributed by atoms with Gasteiger partial charge in [0.2, 0.25) is 5.91 Å². The van der Waals surface area contributed by atoms with E-state index in [0.717, 1.165) is 6.07 Å². The molecule has 1 aliphatic heterocycles. The molecule has 1 aromatic carbocycles. The number of methoxy groups -OCH3 is 1. The zero-order chi connectivity index (χ0) is 25.2. The van der Waals surface area contributed by atoms with Crippen LogP contribution in [-0.4, -0.2) is 76.1 Å². The van der Waals surface area contributed by atoms with E-state index < -0.39 is 23.8 Å². The van der Waals surface area contributed by atoms with Gasteiger partial charge >= 0.3 is 6.18 Å². The Bertz CT molecular complexity index is 1240. The molecule has 1 aliphatic rings. The largest absolute Gasteiger partial charge is 0.496 e. The second-order valence-corrected chi connectivity index (χ2v) is 8.03. The van der Waals surface area contributed by atoms with Crippen LogP contribution in [0.15, 0.2) is 36.5 Å². The number of hydrogen-bond donors (Lipinski definition) is 1. The van der Waals surface area contributed by atoms with Crippen LogP contribution in [0.5, 0.6) is 5.75 Å². The van der Waals surface area contributed by atoms with E-state index in [4.69, 9.17) is 9.47 Å². The van der Waals surface area contributed by atoms with Crippen LogP contribution in [-0.2, 0) is 22.5 Å². The summed E-state index contributed by atoms with van der Waals surface area (Å²) in [6, 6.07) is 6.85. The molecule has 3 heterocycles. The van der Waals surface area contributed by atoms with Crippen molar-refractivity contribution in [1.29, 1.82) is 0 Å². The Morgan fingerprint density at radius 2 is 1.97 bits per heavy atom. The van der Waals surface area contributed by atoms with Crippen LogP contribution in [0.25, 0.3) is 10.9 Å². The van der Waals surface area contributed by atoms with Gasteiger partial charge in [-0.15, -0.1) is 0 Å². The predicted octanol–water partition coefficient (Wildman–Crippen LogP) is 2.32. The Kier molecular flexibility index (Phi) is 7.03. The Balaban J connectivity index is 1.54. The highest BCUT2D eigenvalue weighted by Crippen LogP contribution is 2.32. The molecule has 3 aromatic rings. The number of rotatable bonds is 7. The monoisotopic (exact) mass is 492 g/mol. The number of aliphatic hydroxyl groups is 1. The van der Waals surface area contributed by atoms with Crippen LogP contribution in [0.4, 0.5) is 13.2 Å². The number of ether oxygens (including phenoxy) is 2. The topological polar surface area (TPSA) is 107 Å². The van der Waals surface area contributed by atoms with Gasteiger partial charge in [-0.05, 0) is 18.2 Å². The van der Waals surface area contributed by atoms with Crippen molar-refractivity contribution < 1.29 is 37.3 Å². The third-order valence-corrected chi connectivity index (χ3v) is 5.61. The molecule has 12 heteroatoms. The number of ketones is 1. The number of aromatic nitrogens is 3. The van der Waals surface area contributed by atoms with Gasteiger partial charge in [-0.25, -0.2) is 4.98 Å². The lowest BCUT2D eigenvalue weighted by molar-refractivity contribution is -0.208. The lowest BCUT2D eigenvalue weighted by Crippen LogP contribution is -2.42. The maximum absolute atomic E-state index is 12.8. The zero-order valence-corrected chi connectivity index (χ0v) is 18.8. The summed E-state index contributed by atoms with van der Waals surface area (Å²) in [5.41, 5.74) is 0.172. The van der Waals surface area contributed by atoms with Gasteiger partial charge in [-0.1, -0.05) is 6.07 Å². The predicted molar refractivity (Wildman–Crippen MR) is 117 cm³/mol. The molecular formula is C23H23F3N4O5. The first-order valence-electron chi connectivity index (χ1n) is 10.8. The number of Topliss-reactive ketones (excluding diaryl/α,β-unsaturated/α-hetero) is 1. The fraction of sp³-hybridized carbons (Fsp3) is 0.391. The number of aliphatic hydroxyl groups excluding tert-OH is 1. The third kappa shape index (κ3) is 5.60. The molecule has 1 amide bonds. The minimum atomic E-state index is -4.90. The summed E-state index contributed by atoms with van der Waals surface area (Å²) in [5.74, 6) is -0.272. The van der Waals surface area contributed by atoms with Gasteiger partial charge < -0.3 is 19.5 Å². The summed E-state index contributed by atoms with van der Waals surface area (Å²) in [6.45, 7) is 2.08. The molecule has 9 nitrogen and oxygen atoms in total. The average Bonchev–Trinajstić information content (AvgIpc) is 3.23. The number of halogens is 3. The van der Waals surface area contributed by atoms with E-state index >= 15 is 0 Å². The minimum absolute atomic E-state index is 0.0451. The number of hydrogen-bond acceptors (Lipinski definition) is 7. The van der Waals surface area contributed by atoms with Crippen molar-refractivity contribution in [3.8, 4) is 5.75 Å². The molecule has 0 aliphatic carbocycles. The Morgan fingerprint density at radius 3 is 2.66 bits per heavy atom. The normalized spacial score (nSPS) is 15.3. The molecule has 1 saturated heterocycles. The highest BCUT2D eigenvalue weighted by Gasteiger charge is 2.40. The van der Waals surface area contributed by atoms with Crippen molar-refractivity contribution in [2.24, 2.45) is 0 Å². The summed E-state index contributed by atoms with van der Waals surface area (Å²) < 4.78 is 50.6. The summed E-state index contributed by atoms with van der Waals surface area (Å²) in [4.78, 5) is 30.7. The molecular weight excluding hydrogens is 469 g/mol. The summed E-state index contributed by atoms with van der Waals surface area (Å²) >= 11 is 0. The number of nitrogens with zero attached hydrogens (tertiary/aromatic N) is 4. The fourth-order valence-corrected chi connectivity index (χ4v) is 3.80. The molecule has 1 N–H and O–H groups in total. The van der Waals surface area contributed by atoms with E-state index in [9.17, 15) is 27.9 Å². The molecule has 0 bridgehead atoms. The molecule has 0 saturated carbocycles. The van der Waals surface area contributed by atoms with E-state index in [0.29, 0.717) is 48.5 Å². The zero-order valence-electron chi connectivity index (χ0n) is 18.8. The Labute approximate surface area is 198 Å². The smallest absolute Gasteiger partial charge is 0.420 e. The van der Waals surface area contributed by atoms with Crippen molar-refractivity contribution in [3.63, 3.8) is 0 Å². The molecule has 0 spiro atoms. The van der Waals surface area contributed by atoms with E-state index in [-0.39, 0.29) is 24.6 Å². The molecule has 35 heavy (non-hydrogen) atoms. The van der Waals surface area contributed by atoms with Gasteiger partial charge in [0.15, 0.2) is 11.9 Å². The molecule has 4 rings (SSSR count). The minimum Gasteiger partial charge on any atom is -0.496 e. The first-order chi connectivity index (χ1) is 16.7. The Hall–Kier alpha value is -3.51. The van der Waals surface area contributed by atoms with E-state index in [2.05, 4.69) is 10.1 Å². The molecule has 2 aromatic heterocycles. The fourth-order valence-electron chi connectivity index (χ4n) is 3.80. The quantitative estimate of drug-likeness (QED) is 0.505. The van der Waals surface area contributed by atoms with Gasteiger partial charge in [0.05, 0.1) is 31.5 Å². The highest BCUT2D eigenvalue weighted by atomic mass is 19.4. The maximum atomic E-state index is 12.8. The number of benzene rings is 1. The number of amides is 1. The standard InChI is InChI=1S/C23H23F3N4O5/c1-34-20-11-18-15(12-30(28-18)13-21(32)29-5-7-35-8-6-29)9-14(20)10-19(31)16-3-2-4-17(27-16)22(33)23(24,25)26/h2-4,9,11-12,22,33H,5-8,10,13H2,1H3. The number of carbonyl (C=O) groups is 2. The second kappa shape index (κ2) is 10.0. The summed E-state index contributed by atoms with van der Waals surface area (Å²) in [6.07, 6.45) is -6.20. The molecule has 1 fully saturated rings. The van der Waals surface area contributed by atoms with Crippen LogP contribution >= 0.6 is 0 Å². The molecule has 1 atom stereocenters. The lowest BCUT2D eigenvalue weighted by Gasteiger charge is -2.26. The van der Waals surface area contributed by atoms with Crippen LogP contribution in [0.1, 0.15) is 27.8 Å². The molecule has 186 valence electrons. The van der Waals surface area contributed by atoms with Gasteiger partial charge in [-0.2, -0.15) is 18.3 Å². The van der Waals surface area contributed by atoms with E-state index in [1.165, 1.54) is 23.9 Å². The van der Waals surface area contributed by atoms with Crippen LogP contribution in [0, 0.1) is 0 Å². The highest BCUT2D eigenvalue weighted by molar-refractivity contribution is 5.97. The number of morpholine rings is 1. The third-order valence-electron chi connectivity index (χ3n) is 5.61. The van der Waals surface area contributed by atoms with Crippen LogP contribution in [0.3, 0.4) is 0 Å². The summed E-state index contributed by atoms with van der Waals surface area (Å²) in [5, 5.41) is 14.5. The maximum Gasteiger partial charge on any atom is 0.420 e. The van der Waals surface area contributed by atoms with Crippen LogP contribution in [0.2, 0.25) is 0 Å². The number of alkyl halides is 3. The number of carbonyl (C=O) groups excluding carboxylic acids is 2. The molecule has 0 radical (unpaired) electrons. The van der Waals surface area contributed by atoms with Crippen LogP contribution < -0.4 is 4.74 Å². The van der Waals surface area contributed by atoms with E-state index in [1.54, 1.807) is 23.2 Å². The van der Waals surface area contributed by atoms with Crippen molar-refractivity contribution in [1.82, 2.24) is 19.7 Å². The molecule has 1 unspecified atom stereocenters. The second-order valence-electron chi connectivity index (χ2n) is 8.03. The number of pyridine rings is 1. The SMILES string of the molecule is COc1cc2nn(CC(=O)N3CCOCC3)cc2cc1CC(=O)c1cccc(C(O)C(F)(F)F)n1. The van der Waals surface area contributed by atoms with Crippen molar-refractivity contribution in [2.45, 2.75) is 25.2 Å². The first kappa shape index (κ1) is 24.6. The van der Waals surface area contributed by atoms with Crippen molar-refractivity contribution >= 4 is 22.6 Å². The van der Waals surface area contributed by atoms with Crippen molar-refractivity contribution in [2.75, 3.05) is 33.4 Å². The average molecular weight is 492 g/mol. The van der Waals surface area contributed by atoms with Crippen molar-refractivity contribution in [3.05, 3.63) is 53.5 Å². The first-order valence-corrected chi connectivity index (χ1v) is 10.8. The lowest BCUT2D eigenvalue weighted by atomic mass is 10.0. The van der Waals surface area contributed by atoms with Gasteiger partial charge in [0.1, 0.15) is 18.0 Å². The van der Waals surface area contributed by atoms with Gasteiger partial charge in [0.25, 0.3) is 0 Å². The van der Waals surface area contributed by atoms with Gasteiger partial charge in [0, 0.05) is 42.7 Å². The van der Waals surface area contributed by atoms with Gasteiger partial charge in [-0.3, -0.25) is 14.3 Å². The summed E-state index contributed by atoms with van der Waals surface area (Å²) in [7, 11) is 1.42. The van der Waals surface area contributed by atoms with E-state index in [1.807, 2.05) is 0 Å². The Morgan fingerprint density at radius 1 is 1.23 bits per heavy atom.